The monoisotopic (exact) mass is 483 g/mol. The van der Waals surface area contributed by atoms with Gasteiger partial charge in [0.15, 0.2) is 0 Å². The molecule has 2 amide bonds. The smallest absolute Gasteiger partial charge is 0.261 e. The topological polar surface area (TPSA) is 104 Å². The van der Waals surface area contributed by atoms with E-state index in [1.54, 1.807) is 48.5 Å². The normalized spacial score (nSPS) is 11.0. The number of benzene rings is 3. The number of nitrogens with one attached hydrogen (secondary N) is 3. The largest absolute Gasteiger partial charge is 0.325 e. The van der Waals surface area contributed by atoms with Crippen molar-refractivity contribution < 1.29 is 18.0 Å². The molecule has 7 nitrogen and oxygen atoms in total. The van der Waals surface area contributed by atoms with Crippen LogP contribution in [0.2, 0.25) is 0 Å². The van der Waals surface area contributed by atoms with Gasteiger partial charge in [-0.25, -0.2) is 8.42 Å². The molecule has 33 heavy (non-hydrogen) atoms. The van der Waals surface area contributed by atoms with Crippen molar-refractivity contribution in [2.75, 3.05) is 26.9 Å². The molecule has 0 aliphatic carbocycles. The first-order valence-electron chi connectivity index (χ1n) is 10.1. The fourth-order valence-electron chi connectivity index (χ4n) is 2.91. The van der Waals surface area contributed by atoms with Gasteiger partial charge in [-0.3, -0.25) is 14.3 Å². The molecule has 0 unspecified atom stereocenters. The fraction of sp³-hybridized carbons (Fsp3) is 0.167. The molecule has 0 spiro atoms. The lowest BCUT2D eigenvalue weighted by Gasteiger charge is -2.10. The highest BCUT2D eigenvalue weighted by Crippen LogP contribution is 2.19. The zero-order chi connectivity index (χ0) is 23.8. The Hall–Kier alpha value is -3.30. The van der Waals surface area contributed by atoms with Crippen molar-refractivity contribution in [3.8, 4) is 0 Å². The third-order valence-corrected chi connectivity index (χ3v) is 6.85. The number of hydrogen-bond donors (Lipinski definition) is 3. The van der Waals surface area contributed by atoms with Crippen LogP contribution in [0.5, 0.6) is 0 Å². The summed E-state index contributed by atoms with van der Waals surface area (Å²) < 4.78 is 27.4. The van der Waals surface area contributed by atoms with Gasteiger partial charge in [0.25, 0.3) is 10.0 Å². The molecule has 0 radical (unpaired) electrons. The van der Waals surface area contributed by atoms with Crippen LogP contribution in [0.25, 0.3) is 0 Å². The van der Waals surface area contributed by atoms with Crippen molar-refractivity contribution in [3.05, 3.63) is 83.9 Å². The van der Waals surface area contributed by atoms with Crippen LogP contribution in [-0.4, -0.2) is 31.7 Å². The van der Waals surface area contributed by atoms with Gasteiger partial charge in [-0.2, -0.15) is 0 Å². The lowest BCUT2D eigenvalue weighted by Crippen LogP contribution is -2.18. The van der Waals surface area contributed by atoms with Crippen molar-refractivity contribution >= 4 is 50.7 Å². The van der Waals surface area contributed by atoms with Crippen molar-refractivity contribution in [1.29, 1.82) is 0 Å². The van der Waals surface area contributed by atoms with Gasteiger partial charge in [-0.05, 0) is 67.9 Å². The summed E-state index contributed by atoms with van der Waals surface area (Å²) in [5.41, 5.74) is 3.66. The van der Waals surface area contributed by atoms with Gasteiger partial charge in [0.1, 0.15) is 0 Å². The molecule has 3 aromatic carbocycles. The summed E-state index contributed by atoms with van der Waals surface area (Å²) in [7, 11) is -3.69. The van der Waals surface area contributed by atoms with Crippen LogP contribution in [0, 0.1) is 13.8 Å². The minimum Gasteiger partial charge on any atom is -0.325 e. The third-order valence-electron chi connectivity index (χ3n) is 4.52. The molecule has 9 heteroatoms. The van der Waals surface area contributed by atoms with E-state index in [1.165, 1.54) is 11.8 Å². The summed E-state index contributed by atoms with van der Waals surface area (Å²) >= 11 is 1.21. The highest BCUT2D eigenvalue weighted by Gasteiger charge is 2.14. The number of amides is 2. The van der Waals surface area contributed by atoms with Crippen LogP contribution in [0.4, 0.5) is 17.1 Å². The second kappa shape index (κ2) is 11.0. The van der Waals surface area contributed by atoms with Gasteiger partial charge in [0, 0.05) is 17.1 Å². The Morgan fingerprint density at radius 3 is 1.91 bits per heavy atom. The van der Waals surface area contributed by atoms with Crippen molar-refractivity contribution in [2.45, 2.75) is 18.7 Å². The quantitative estimate of drug-likeness (QED) is 0.418. The predicted molar refractivity (Wildman–Crippen MR) is 134 cm³/mol. The van der Waals surface area contributed by atoms with Crippen molar-refractivity contribution in [2.24, 2.45) is 0 Å². The second-order valence-electron chi connectivity index (χ2n) is 7.45. The Bertz CT molecular complexity index is 1230. The minimum absolute atomic E-state index is 0.114. The lowest BCUT2D eigenvalue weighted by atomic mass is 10.2. The fourth-order valence-corrected chi connectivity index (χ4v) is 4.58. The zero-order valence-corrected chi connectivity index (χ0v) is 19.9. The maximum absolute atomic E-state index is 12.5. The van der Waals surface area contributed by atoms with E-state index in [0.717, 1.165) is 16.8 Å². The first kappa shape index (κ1) is 24.3. The number of sulfonamides is 1. The number of hydrogen-bond acceptors (Lipinski definition) is 5. The second-order valence-corrected chi connectivity index (χ2v) is 10.1. The van der Waals surface area contributed by atoms with E-state index in [1.807, 2.05) is 38.1 Å². The van der Waals surface area contributed by atoms with Gasteiger partial charge in [-0.1, -0.05) is 29.8 Å². The van der Waals surface area contributed by atoms with E-state index in [9.17, 15) is 18.0 Å². The van der Waals surface area contributed by atoms with Crippen LogP contribution in [0.15, 0.2) is 77.7 Å². The molecule has 0 saturated heterocycles. The number of anilines is 3. The maximum Gasteiger partial charge on any atom is 0.261 e. The Morgan fingerprint density at radius 1 is 0.727 bits per heavy atom. The van der Waals surface area contributed by atoms with Crippen LogP contribution in [-0.2, 0) is 19.6 Å². The molecule has 3 aromatic rings. The number of carbonyl (C=O) groups is 2. The van der Waals surface area contributed by atoms with Gasteiger partial charge < -0.3 is 10.6 Å². The van der Waals surface area contributed by atoms with E-state index in [2.05, 4.69) is 15.4 Å². The molecule has 172 valence electrons. The van der Waals surface area contributed by atoms with E-state index >= 15 is 0 Å². The number of thioether (sulfide) groups is 1. The molecule has 0 fully saturated rings. The minimum atomic E-state index is -3.69. The highest BCUT2D eigenvalue weighted by molar-refractivity contribution is 8.00. The zero-order valence-electron chi connectivity index (χ0n) is 18.3. The molecular weight excluding hydrogens is 458 g/mol. The van der Waals surface area contributed by atoms with Gasteiger partial charge in [0.2, 0.25) is 11.8 Å². The van der Waals surface area contributed by atoms with Crippen LogP contribution in [0.1, 0.15) is 11.1 Å². The van der Waals surface area contributed by atoms with E-state index < -0.39 is 10.0 Å². The lowest BCUT2D eigenvalue weighted by molar-refractivity contribution is -0.114. The molecule has 0 bridgehead atoms. The first-order chi connectivity index (χ1) is 15.7. The summed E-state index contributed by atoms with van der Waals surface area (Å²) in [6.07, 6.45) is 0. The maximum atomic E-state index is 12.5. The van der Waals surface area contributed by atoms with Crippen LogP contribution < -0.4 is 15.4 Å². The molecule has 3 N–H and O–H groups in total. The predicted octanol–water partition coefficient (Wildman–Crippen LogP) is 4.41. The Kier molecular flexibility index (Phi) is 8.13. The summed E-state index contributed by atoms with van der Waals surface area (Å²) in [4.78, 5) is 24.3. The SMILES string of the molecule is Cc1ccc(S(=O)(=O)Nc2ccc(NC(=O)CSCC(=O)Nc3cccc(C)c3)cc2)cc1. The summed E-state index contributed by atoms with van der Waals surface area (Å²) in [5.74, 6) is -0.163. The van der Waals surface area contributed by atoms with Crippen LogP contribution >= 0.6 is 11.8 Å². The average molecular weight is 484 g/mol. The average Bonchev–Trinajstić information content (AvgIpc) is 2.75. The third kappa shape index (κ3) is 7.65. The Labute approximate surface area is 198 Å². The van der Waals surface area contributed by atoms with E-state index in [-0.39, 0.29) is 28.2 Å². The van der Waals surface area contributed by atoms with E-state index in [0.29, 0.717) is 11.4 Å². The molecule has 0 atom stereocenters. The first-order valence-corrected chi connectivity index (χ1v) is 12.8. The summed E-state index contributed by atoms with van der Waals surface area (Å²) in [6.45, 7) is 3.83. The van der Waals surface area contributed by atoms with Gasteiger partial charge in [0.05, 0.1) is 16.4 Å². The molecule has 0 aliphatic heterocycles. The molecular formula is C24H25N3O4S2. The van der Waals surface area contributed by atoms with Gasteiger partial charge in [-0.15, -0.1) is 11.8 Å². The molecule has 3 rings (SSSR count). The molecule has 0 heterocycles. The van der Waals surface area contributed by atoms with E-state index in [4.69, 9.17) is 0 Å². The number of rotatable bonds is 9. The summed E-state index contributed by atoms with van der Waals surface area (Å²) in [5, 5.41) is 5.53. The Morgan fingerprint density at radius 2 is 1.30 bits per heavy atom. The molecule has 0 saturated carbocycles. The molecule has 0 aromatic heterocycles. The van der Waals surface area contributed by atoms with Crippen molar-refractivity contribution in [3.63, 3.8) is 0 Å². The number of aryl methyl sites for hydroxylation is 2. The number of carbonyl (C=O) groups excluding carboxylic acids is 2. The summed E-state index contributed by atoms with van der Waals surface area (Å²) in [6, 6.07) is 20.4. The van der Waals surface area contributed by atoms with Crippen molar-refractivity contribution in [1.82, 2.24) is 0 Å². The Balaban J connectivity index is 1.45. The standard InChI is InChI=1S/C24H25N3O4S2/c1-17-6-12-22(13-7-17)33(30,31)27-20-10-8-19(9-11-20)25-23(28)15-32-16-24(29)26-21-5-3-4-18(2)14-21/h3-14,27H,15-16H2,1-2H3,(H,25,28)(H,26,29). The highest BCUT2D eigenvalue weighted by atomic mass is 32.2. The van der Waals surface area contributed by atoms with Crippen LogP contribution in [0.3, 0.4) is 0 Å². The van der Waals surface area contributed by atoms with Gasteiger partial charge >= 0.3 is 0 Å². The molecule has 0 aliphatic rings.